The monoisotopic (exact) mass is 332 g/mol. The zero-order chi connectivity index (χ0) is 15.4. The number of thioether (sulfide) groups is 2. The lowest BCUT2D eigenvalue weighted by molar-refractivity contribution is 0.974. The van der Waals surface area contributed by atoms with E-state index < -0.39 is 0 Å². The maximum absolute atomic E-state index is 4.46. The molecule has 3 rings (SSSR count). The Morgan fingerprint density at radius 1 is 0.773 bits per heavy atom. The molecule has 0 aliphatic carbocycles. The minimum Gasteiger partial charge on any atom is -0.258 e. The highest BCUT2D eigenvalue weighted by molar-refractivity contribution is 7.99. The molecular formula is C14H16N6S2. The van der Waals surface area contributed by atoms with Crippen molar-refractivity contribution in [2.45, 2.75) is 24.2 Å². The first-order valence-corrected chi connectivity index (χ1v) is 8.98. The predicted octanol–water partition coefficient (Wildman–Crippen LogP) is 3.48. The summed E-state index contributed by atoms with van der Waals surface area (Å²) in [6.07, 6.45) is 0. The molecule has 0 radical (unpaired) electrons. The van der Waals surface area contributed by atoms with Gasteiger partial charge in [0.15, 0.2) is 11.6 Å². The average Bonchev–Trinajstić information content (AvgIpc) is 3.18. The lowest BCUT2D eigenvalue weighted by Gasteiger charge is -1.98. The van der Waals surface area contributed by atoms with Crippen molar-refractivity contribution in [3.63, 3.8) is 0 Å². The number of aromatic amines is 2. The van der Waals surface area contributed by atoms with Crippen LogP contribution in [0.3, 0.4) is 0 Å². The topological polar surface area (TPSA) is 83.1 Å². The van der Waals surface area contributed by atoms with Gasteiger partial charge in [0.1, 0.15) is 0 Å². The van der Waals surface area contributed by atoms with Gasteiger partial charge in [-0.3, -0.25) is 10.2 Å². The summed E-state index contributed by atoms with van der Waals surface area (Å²) in [4.78, 5) is 8.92. The Labute approximate surface area is 136 Å². The van der Waals surface area contributed by atoms with Gasteiger partial charge in [0.05, 0.1) is 0 Å². The van der Waals surface area contributed by atoms with Crippen molar-refractivity contribution >= 4 is 23.5 Å². The average molecular weight is 332 g/mol. The fourth-order valence-corrected chi connectivity index (χ4v) is 2.97. The van der Waals surface area contributed by atoms with Crippen LogP contribution in [0.4, 0.5) is 0 Å². The molecule has 0 unspecified atom stereocenters. The summed E-state index contributed by atoms with van der Waals surface area (Å²) < 4.78 is 0. The van der Waals surface area contributed by atoms with Gasteiger partial charge in [0, 0.05) is 11.1 Å². The number of benzene rings is 1. The molecule has 2 aromatic heterocycles. The van der Waals surface area contributed by atoms with Gasteiger partial charge in [-0.15, -0.1) is 10.2 Å². The van der Waals surface area contributed by atoms with Crippen LogP contribution in [-0.4, -0.2) is 41.9 Å². The van der Waals surface area contributed by atoms with E-state index in [-0.39, 0.29) is 0 Å². The number of hydrogen-bond donors (Lipinski definition) is 2. The van der Waals surface area contributed by atoms with Gasteiger partial charge >= 0.3 is 0 Å². The Hall–Kier alpha value is -1.80. The first kappa shape index (κ1) is 15.1. The van der Waals surface area contributed by atoms with Crippen LogP contribution in [0.2, 0.25) is 0 Å². The quantitative estimate of drug-likeness (QED) is 0.672. The van der Waals surface area contributed by atoms with Crippen LogP contribution < -0.4 is 0 Å². The lowest BCUT2D eigenvalue weighted by atomic mass is 10.1. The minimum atomic E-state index is 0.776. The molecule has 22 heavy (non-hydrogen) atoms. The van der Waals surface area contributed by atoms with Crippen molar-refractivity contribution in [2.75, 3.05) is 11.5 Å². The Morgan fingerprint density at radius 2 is 1.18 bits per heavy atom. The van der Waals surface area contributed by atoms with E-state index in [1.165, 1.54) is 0 Å². The number of nitrogens with zero attached hydrogens (tertiary/aromatic N) is 4. The fourth-order valence-electron chi connectivity index (χ4n) is 1.92. The molecule has 0 aliphatic rings. The van der Waals surface area contributed by atoms with Crippen LogP contribution in [0.25, 0.3) is 22.8 Å². The normalized spacial score (nSPS) is 11.0. The van der Waals surface area contributed by atoms with Gasteiger partial charge in [-0.2, -0.15) is 0 Å². The third-order valence-corrected chi connectivity index (χ3v) is 4.37. The van der Waals surface area contributed by atoms with Gasteiger partial charge in [-0.1, -0.05) is 61.6 Å². The van der Waals surface area contributed by atoms with Crippen LogP contribution in [0, 0.1) is 0 Å². The van der Waals surface area contributed by atoms with Crippen LogP contribution in [-0.2, 0) is 0 Å². The van der Waals surface area contributed by atoms with E-state index >= 15 is 0 Å². The van der Waals surface area contributed by atoms with Crippen LogP contribution >= 0.6 is 23.5 Å². The standard InChI is InChI=1S/C14H16N6S2/c1-3-21-13-15-11(17-19-13)9-5-7-10(8-6-9)12-16-14(20-18-12)22-4-2/h5-8H,3-4H2,1-2H3,(H,15,17,19)(H,16,18,20). The molecule has 0 saturated heterocycles. The summed E-state index contributed by atoms with van der Waals surface area (Å²) in [5, 5.41) is 15.8. The van der Waals surface area contributed by atoms with E-state index in [9.17, 15) is 0 Å². The maximum atomic E-state index is 4.46. The van der Waals surface area contributed by atoms with Gasteiger partial charge in [0.25, 0.3) is 0 Å². The number of rotatable bonds is 6. The molecule has 0 amide bonds. The molecule has 0 aliphatic heterocycles. The molecule has 0 spiro atoms. The minimum absolute atomic E-state index is 0.776. The molecule has 0 bridgehead atoms. The third-order valence-electron chi connectivity index (χ3n) is 2.91. The molecule has 3 aromatic rings. The van der Waals surface area contributed by atoms with Crippen LogP contribution in [0.15, 0.2) is 34.6 Å². The number of hydrogen-bond acceptors (Lipinski definition) is 6. The molecule has 2 N–H and O–H groups in total. The molecule has 6 nitrogen and oxygen atoms in total. The van der Waals surface area contributed by atoms with E-state index in [1.54, 1.807) is 23.5 Å². The molecule has 114 valence electrons. The van der Waals surface area contributed by atoms with E-state index in [1.807, 2.05) is 24.3 Å². The zero-order valence-corrected chi connectivity index (χ0v) is 14.0. The zero-order valence-electron chi connectivity index (χ0n) is 12.3. The second kappa shape index (κ2) is 6.97. The number of H-pyrrole nitrogens is 2. The summed E-state index contributed by atoms with van der Waals surface area (Å²) in [6, 6.07) is 8.02. The highest BCUT2D eigenvalue weighted by atomic mass is 32.2. The lowest BCUT2D eigenvalue weighted by Crippen LogP contribution is -1.84. The summed E-state index contributed by atoms with van der Waals surface area (Å²) in [6.45, 7) is 4.16. The van der Waals surface area contributed by atoms with E-state index in [4.69, 9.17) is 0 Å². The first-order valence-electron chi connectivity index (χ1n) is 7.01. The maximum Gasteiger partial charge on any atom is 0.208 e. The highest BCUT2D eigenvalue weighted by Crippen LogP contribution is 2.23. The molecule has 0 fully saturated rings. The summed E-state index contributed by atoms with van der Waals surface area (Å²) in [7, 11) is 0. The van der Waals surface area contributed by atoms with Crippen molar-refractivity contribution in [1.82, 2.24) is 30.4 Å². The Balaban J connectivity index is 1.79. The Kier molecular flexibility index (Phi) is 4.79. The highest BCUT2D eigenvalue weighted by Gasteiger charge is 2.08. The van der Waals surface area contributed by atoms with Gasteiger partial charge < -0.3 is 0 Å². The van der Waals surface area contributed by atoms with Crippen molar-refractivity contribution < 1.29 is 0 Å². The first-order chi connectivity index (χ1) is 10.8. The largest absolute Gasteiger partial charge is 0.258 e. The van der Waals surface area contributed by atoms with E-state index in [0.717, 1.165) is 44.6 Å². The molecular weight excluding hydrogens is 316 g/mol. The number of aromatic nitrogens is 6. The van der Waals surface area contributed by atoms with Gasteiger partial charge in [-0.05, 0) is 11.5 Å². The molecule has 2 heterocycles. The Bertz CT molecular complexity index is 671. The smallest absolute Gasteiger partial charge is 0.208 e. The molecule has 1 aromatic carbocycles. The second-order valence-corrected chi connectivity index (χ2v) is 6.84. The van der Waals surface area contributed by atoms with Crippen molar-refractivity contribution in [3.05, 3.63) is 24.3 Å². The van der Waals surface area contributed by atoms with E-state index in [0.29, 0.717) is 0 Å². The predicted molar refractivity (Wildman–Crippen MR) is 90.0 cm³/mol. The Morgan fingerprint density at radius 3 is 1.55 bits per heavy atom. The van der Waals surface area contributed by atoms with E-state index in [2.05, 4.69) is 44.2 Å². The molecule has 8 heteroatoms. The summed E-state index contributed by atoms with van der Waals surface area (Å²) in [5.41, 5.74) is 2.00. The van der Waals surface area contributed by atoms with Gasteiger partial charge in [-0.25, -0.2) is 9.97 Å². The summed E-state index contributed by atoms with van der Waals surface area (Å²) >= 11 is 3.24. The fraction of sp³-hybridized carbons (Fsp3) is 0.286. The van der Waals surface area contributed by atoms with Gasteiger partial charge in [0.2, 0.25) is 10.3 Å². The summed E-state index contributed by atoms with van der Waals surface area (Å²) in [5.74, 6) is 3.48. The third kappa shape index (κ3) is 3.33. The molecule has 0 atom stereocenters. The second-order valence-electron chi connectivity index (χ2n) is 4.38. The van der Waals surface area contributed by atoms with Crippen molar-refractivity contribution in [1.29, 1.82) is 0 Å². The number of nitrogens with one attached hydrogen (secondary N) is 2. The van der Waals surface area contributed by atoms with Crippen LogP contribution in [0.1, 0.15) is 13.8 Å². The molecule has 0 saturated carbocycles. The van der Waals surface area contributed by atoms with Crippen LogP contribution in [0.5, 0.6) is 0 Å². The van der Waals surface area contributed by atoms with Crippen molar-refractivity contribution in [3.8, 4) is 22.8 Å². The SMILES string of the molecule is CCSc1n[nH]c(-c2ccc(-c3nc(SCC)n[nH]3)cc2)n1. The van der Waals surface area contributed by atoms with Crippen molar-refractivity contribution in [2.24, 2.45) is 0 Å².